The smallest absolute Gasteiger partial charge is 0.229 e. The molecule has 1 aromatic heterocycles. The molecule has 0 atom stereocenters. The molecule has 1 aliphatic rings. The van der Waals surface area contributed by atoms with Gasteiger partial charge in [-0.3, -0.25) is 4.79 Å². The fraction of sp³-hybridized carbons (Fsp3) is 0.714. The van der Waals surface area contributed by atoms with E-state index in [1.807, 2.05) is 4.90 Å². The van der Waals surface area contributed by atoms with Gasteiger partial charge in [0.25, 0.3) is 0 Å². The van der Waals surface area contributed by atoms with Crippen molar-refractivity contribution in [3.63, 3.8) is 0 Å². The number of thiazole rings is 1. The number of carbonyl (C=O) groups is 1. The highest BCUT2D eigenvalue weighted by molar-refractivity contribution is 7.11. The van der Waals surface area contributed by atoms with E-state index in [4.69, 9.17) is 0 Å². The number of carbonyl (C=O) groups excluding carboxylic acids is 1. The number of hydrogen-bond acceptors (Lipinski definition) is 4. The van der Waals surface area contributed by atoms with Gasteiger partial charge in [-0.2, -0.15) is 0 Å². The summed E-state index contributed by atoms with van der Waals surface area (Å²) in [6.45, 7) is 7.86. The molecule has 1 aliphatic heterocycles. The monoisotopic (exact) mass is 281 g/mol. The van der Waals surface area contributed by atoms with Gasteiger partial charge >= 0.3 is 0 Å². The minimum Gasteiger partial charge on any atom is -0.342 e. The second kappa shape index (κ2) is 7.01. The van der Waals surface area contributed by atoms with Gasteiger partial charge in [0.15, 0.2) is 0 Å². The van der Waals surface area contributed by atoms with E-state index in [-0.39, 0.29) is 5.91 Å². The van der Waals surface area contributed by atoms with E-state index in [2.05, 4.69) is 24.1 Å². The summed E-state index contributed by atoms with van der Waals surface area (Å²) < 4.78 is 0. The van der Waals surface area contributed by atoms with Crippen molar-refractivity contribution in [1.29, 1.82) is 0 Å². The topological polar surface area (TPSA) is 45.2 Å². The molecular weight excluding hydrogens is 258 g/mol. The molecule has 2 heterocycles. The molecule has 106 valence electrons. The van der Waals surface area contributed by atoms with Crippen molar-refractivity contribution in [2.75, 3.05) is 19.6 Å². The number of aromatic nitrogens is 1. The number of hydrogen-bond donors (Lipinski definition) is 1. The SMILES string of the molecule is CCCN(CCC)C(=O)Cc1nc2c(s1)CNCC2. The van der Waals surface area contributed by atoms with Crippen molar-refractivity contribution in [3.05, 3.63) is 15.6 Å². The zero-order valence-corrected chi connectivity index (χ0v) is 12.7. The first-order valence-electron chi connectivity index (χ1n) is 7.20. The lowest BCUT2D eigenvalue weighted by atomic mass is 10.2. The second-order valence-corrected chi connectivity index (χ2v) is 6.13. The molecular formula is C14H23N3OS. The van der Waals surface area contributed by atoms with Gasteiger partial charge in [0.2, 0.25) is 5.91 Å². The van der Waals surface area contributed by atoms with Crippen LogP contribution in [0, 0.1) is 0 Å². The molecule has 0 aliphatic carbocycles. The molecule has 0 radical (unpaired) electrons. The number of nitrogens with zero attached hydrogens (tertiary/aromatic N) is 2. The van der Waals surface area contributed by atoms with Crippen molar-refractivity contribution in [2.24, 2.45) is 0 Å². The molecule has 5 heteroatoms. The molecule has 0 saturated heterocycles. The number of fused-ring (bicyclic) bond motifs is 1. The Hall–Kier alpha value is -0.940. The minimum atomic E-state index is 0.225. The number of nitrogens with one attached hydrogen (secondary N) is 1. The Morgan fingerprint density at radius 2 is 2.11 bits per heavy atom. The highest BCUT2D eigenvalue weighted by Crippen LogP contribution is 2.22. The van der Waals surface area contributed by atoms with Crippen LogP contribution < -0.4 is 5.32 Å². The third-order valence-corrected chi connectivity index (χ3v) is 4.39. The van der Waals surface area contributed by atoms with Gasteiger partial charge in [-0.15, -0.1) is 11.3 Å². The van der Waals surface area contributed by atoms with Crippen LogP contribution in [0.2, 0.25) is 0 Å². The maximum Gasteiger partial charge on any atom is 0.229 e. The summed E-state index contributed by atoms with van der Waals surface area (Å²) in [5, 5.41) is 4.33. The van der Waals surface area contributed by atoms with E-state index >= 15 is 0 Å². The molecule has 0 saturated carbocycles. The van der Waals surface area contributed by atoms with Crippen LogP contribution in [0.3, 0.4) is 0 Å². The molecule has 0 spiro atoms. The first-order chi connectivity index (χ1) is 9.24. The lowest BCUT2D eigenvalue weighted by Gasteiger charge is -2.20. The summed E-state index contributed by atoms with van der Waals surface area (Å²) in [7, 11) is 0. The third-order valence-electron chi connectivity index (χ3n) is 3.29. The van der Waals surface area contributed by atoms with E-state index in [9.17, 15) is 4.79 Å². The summed E-state index contributed by atoms with van der Waals surface area (Å²) in [6, 6.07) is 0. The highest BCUT2D eigenvalue weighted by atomic mass is 32.1. The fourth-order valence-electron chi connectivity index (χ4n) is 2.40. The van der Waals surface area contributed by atoms with E-state index in [1.165, 1.54) is 10.6 Å². The van der Waals surface area contributed by atoms with Gasteiger partial charge in [-0.05, 0) is 12.8 Å². The highest BCUT2D eigenvalue weighted by Gasteiger charge is 2.18. The molecule has 0 fully saturated rings. The lowest BCUT2D eigenvalue weighted by molar-refractivity contribution is -0.130. The van der Waals surface area contributed by atoms with Crippen LogP contribution in [0.1, 0.15) is 42.3 Å². The maximum absolute atomic E-state index is 12.3. The van der Waals surface area contributed by atoms with Gasteiger partial charge in [0.05, 0.1) is 12.1 Å². The first kappa shape index (κ1) is 14.5. The zero-order valence-electron chi connectivity index (χ0n) is 11.9. The van der Waals surface area contributed by atoms with E-state index in [1.54, 1.807) is 11.3 Å². The molecule has 4 nitrogen and oxygen atoms in total. The fourth-order valence-corrected chi connectivity index (χ4v) is 3.47. The lowest BCUT2D eigenvalue weighted by Crippen LogP contribution is -2.33. The van der Waals surface area contributed by atoms with Crippen LogP contribution in [0.4, 0.5) is 0 Å². The summed E-state index contributed by atoms with van der Waals surface area (Å²) in [5.41, 5.74) is 1.20. The summed E-state index contributed by atoms with van der Waals surface area (Å²) in [6.07, 6.45) is 3.50. The molecule has 1 aromatic rings. The molecule has 1 amide bonds. The Morgan fingerprint density at radius 3 is 2.74 bits per heavy atom. The zero-order chi connectivity index (χ0) is 13.7. The van der Waals surface area contributed by atoms with E-state index in [0.717, 1.165) is 50.4 Å². The summed E-state index contributed by atoms with van der Waals surface area (Å²) in [4.78, 5) is 20.2. The molecule has 0 aromatic carbocycles. The predicted molar refractivity (Wildman–Crippen MR) is 78.4 cm³/mol. The van der Waals surface area contributed by atoms with Crippen molar-refractivity contribution < 1.29 is 4.79 Å². The molecule has 0 bridgehead atoms. The largest absolute Gasteiger partial charge is 0.342 e. The third kappa shape index (κ3) is 3.76. The first-order valence-corrected chi connectivity index (χ1v) is 8.02. The standard InChI is InChI=1S/C14H23N3OS/c1-3-7-17(8-4-2)14(18)9-13-16-11-5-6-15-10-12(11)19-13/h15H,3-10H2,1-2H3. The Labute approximate surface area is 119 Å². The predicted octanol–water partition coefficient (Wildman–Crippen LogP) is 1.98. The molecule has 2 rings (SSSR count). The van der Waals surface area contributed by atoms with E-state index < -0.39 is 0 Å². The van der Waals surface area contributed by atoms with Crippen LogP contribution in [0.5, 0.6) is 0 Å². The average molecular weight is 281 g/mol. The van der Waals surface area contributed by atoms with Crippen LogP contribution in [-0.2, 0) is 24.2 Å². The van der Waals surface area contributed by atoms with E-state index in [0.29, 0.717) is 6.42 Å². The Morgan fingerprint density at radius 1 is 1.37 bits per heavy atom. The van der Waals surface area contributed by atoms with Crippen LogP contribution in [-0.4, -0.2) is 35.4 Å². The maximum atomic E-state index is 12.3. The molecule has 1 N–H and O–H groups in total. The van der Waals surface area contributed by atoms with Crippen molar-refractivity contribution in [2.45, 2.75) is 46.1 Å². The van der Waals surface area contributed by atoms with Crippen molar-refractivity contribution >= 4 is 17.2 Å². The number of amides is 1. The molecule has 19 heavy (non-hydrogen) atoms. The normalized spacial score (nSPS) is 14.2. The van der Waals surface area contributed by atoms with Crippen LogP contribution >= 0.6 is 11.3 Å². The Kier molecular flexibility index (Phi) is 5.34. The minimum absolute atomic E-state index is 0.225. The average Bonchev–Trinajstić information content (AvgIpc) is 2.80. The van der Waals surface area contributed by atoms with Gasteiger partial charge in [-0.1, -0.05) is 13.8 Å². The summed E-state index contributed by atoms with van der Waals surface area (Å²) in [5.74, 6) is 0.225. The van der Waals surface area contributed by atoms with Gasteiger partial charge in [0, 0.05) is 37.5 Å². The molecule has 0 unspecified atom stereocenters. The van der Waals surface area contributed by atoms with Gasteiger partial charge in [0.1, 0.15) is 5.01 Å². The number of rotatable bonds is 6. The quantitative estimate of drug-likeness (QED) is 0.867. The van der Waals surface area contributed by atoms with Crippen molar-refractivity contribution in [3.8, 4) is 0 Å². The second-order valence-electron chi connectivity index (χ2n) is 4.96. The van der Waals surface area contributed by atoms with Gasteiger partial charge < -0.3 is 10.2 Å². The Balaban J connectivity index is 1.98. The van der Waals surface area contributed by atoms with Crippen LogP contribution in [0.25, 0.3) is 0 Å². The van der Waals surface area contributed by atoms with Gasteiger partial charge in [-0.25, -0.2) is 4.98 Å². The van der Waals surface area contributed by atoms with Crippen molar-refractivity contribution in [1.82, 2.24) is 15.2 Å². The van der Waals surface area contributed by atoms with Crippen LogP contribution in [0.15, 0.2) is 0 Å². The Bertz CT molecular complexity index is 401. The summed E-state index contributed by atoms with van der Waals surface area (Å²) >= 11 is 1.70.